The fraction of sp³-hybridized carbons (Fsp3) is 0.450. The smallest absolute Gasteiger partial charge is 0.273 e. The first-order valence-corrected chi connectivity index (χ1v) is 9.97. The first-order chi connectivity index (χ1) is 12.9. The molecule has 27 heavy (non-hydrogen) atoms. The van der Waals surface area contributed by atoms with Crippen molar-refractivity contribution in [1.82, 2.24) is 15.2 Å². The van der Waals surface area contributed by atoms with Gasteiger partial charge in [-0.25, -0.2) is 4.98 Å². The predicted octanol–water partition coefficient (Wildman–Crippen LogP) is 4.41. The summed E-state index contributed by atoms with van der Waals surface area (Å²) in [4.78, 5) is 31.2. The fourth-order valence-electron chi connectivity index (χ4n) is 2.47. The predicted molar refractivity (Wildman–Crippen MR) is 107 cm³/mol. The maximum absolute atomic E-state index is 13.0. The van der Waals surface area contributed by atoms with E-state index in [9.17, 15) is 9.59 Å². The summed E-state index contributed by atoms with van der Waals surface area (Å²) in [6.07, 6.45) is 2.96. The second-order valence-electron chi connectivity index (χ2n) is 6.58. The number of nitrogens with one attached hydrogen (secondary N) is 1. The number of aromatic nitrogens is 1. The van der Waals surface area contributed by atoms with Crippen molar-refractivity contribution in [2.24, 2.45) is 0 Å². The van der Waals surface area contributed by atoms with Gasteiger partial charge in [0.05, 0.1) is 12.1 Å². The highest BCUT2D eigenvalue weighted by Crippen LogP contribution is 2.21. The molecular formula is C20H26BrN3O3. The number of oxazole rings is 1. The van der Waals surface area contributed by atoms with Crippen molar-refractivity contribution in [3.63, 3.8) is 0 Å². The molecule has 1 N–H and O–H groups in total. The van der Waals surface area contributed by atoms with Crippen molar-refractivity contribution in [3.8, 4) is 0 Å². The molecular weight excluding hydrogens is 410 g/mol. The summed E-state index contributed by atoms with van der Waals surface area (Å²) in [5.41, 5.74) is 0.807. The van der Waals surface area contributed by atoms with E-state index in [1.54, 1.807) is 11.0 Å². The van der Waals surface area contributed by atoms with Crippen molar-refractivity contribution in [3.05, 3.63) is 52.1 Å². The largest absolute Gasteiger partial charge is 0.446 e. The van der Waals surface area contributed by atoms with E-state index < -0.39 is 0 Å². The monoisotopic (exact) mass is 435 g/mol. The molecule has 2 aromatic rings. The van der Waals surface area contributed by atoms with Crippen molar-refractivity contribution in [1.29, 1.82) is 0 Å². The van der Waals surface area contributed by atoms with Gasteiger partial charge in [0.2, 0.25) is 5.89 Å². The molecule has 0 bridgehead atoms. The maximum Gasteiger partial charge on any atom is 0.273 e. The average Bonchev–Trinajstić information content (AvgIpc) is 3.14. The molecule has 6 nitrogen and oxygen atoms in total. The van der Waals surface area contributed by atoms with E-state index in [0.29, 0.717) is 11.5 Å². The molecule has 0 spiro atoms. The Morgan fingerprint density at radius 3 is 2.56 bits per heavy atom. The van der Waals surface area contributed by atoms with Gasteiger partial charge in [-0.2, -0.15) is 0 Å². The van der Waals surface area contributed by atoms with E-state index >= 15 is 0 Å². The zero-order chi connectivity index (χ0) is 20.0. The molecule has 2 rings (SSSR count). The second-order valence-corrected chi connectivity index (χ2v) is 7.43. The van der Waals surface area contributed by atoms with Crippen molar-refractivity contribution in [2.45, 2.75) is 59.2 Å². The molecule has 0 saturated heterocycles. The Kier molecular flexibility index (Phi) is 7.59. The van der Waals surface area contributed by atoms with Crippen LogP contribution in [0.2, 0.25) is 0 Å². The number of carbonyl (C=O) groups excluding carboxylic acids is 2. The topological polar surface area (TPSA) is 75.4 Å². The highest BCUT2D eigenvalue weighted by atomic mass is 79.9. The molecule has 0 saturated carbocycles. The molecule has 0 fully saturated rings. The normalized spacial score (nSPS) is 13.1. The summed E-state index contributed by atoms with van der Waals surface area (Å²) >= 11 is 3.43. The maximum atomic E-state index is 13.0. The van der Waals surface area contributed by atoms with Gasteiger partial charge in [0.1, 0.15) is 6.26 Å². The standard InChI is InChI=1S/C20H26BrN3O3/c1-5-13(3)22-19(25)17-12-27-18(23-17)11-24(14(4)6-2)20(26)15-9-7-8-10-16(15)21/h7-10,12-14H,5-6,11H2,1-4H3,(H,22,25). The summed E-state index contributed by atoms with van der Waals surface area (Å²) in [6.45, 7) is 8.13. The molecule has 0 radical (unpaired) electrons. The van der Waals surface area contributed by atoms with Crippen molar-refractivity contribution >= 4 is 27.7 Å². The Morgan fingerprint density at radius 2 is 1.93 bits per heavy atom. The Bertz CT molecular complexity index is 790. The highest BCUT2D eigenvalue weighted by Gasteiger charge is 2.25. The molecule has 1 aromatic carbocycles. The van der Waals surface area contributed by atoms with Crippen molar-refractivity contribution in [2.75, 3.05) is 0 Å². The lowest BCUT2D eigenvalue weighted by Gasteiger charge is -2.27. The van der Waals surface area contributed by atoms with Crippen LogP contribution in [0.1, 0.15) is 67.3 Å². The van der Waals surface area contributed by atoms with E-state index in [1.807, 2.05) is 45.9 Å². The molecule has 2 unspecified atom stereocenters. The van der Waals surface area contributed by atoms with Crippen LogP contribution in [0.3, 0.4) is 0 Å². The number of halogens is 1. The third-order valence-corrected chi connectivity index (χ3v) is 5.26. The number of benzene rings is 1. The zero-order valence-corrected chi connectivity index (χ0v) is 17.7. The van der Waals surface area contributed by atoms with Crippen LogP contribution in [0.4, 0.5) is 0 Å². The van der Waals surface area contributed by atoms with Gasteiger partial charge in [0, 0.05) is 16.6 Å². The van der Waals surface area contributed by atoms with Gasteiger partial charge in [-0.1, -0.05) is 26.0 Å². The average molecular weight is 436 g/mol. The quantitative estimate of drug-likeness (QED) is 0.666. The van der Waals surface area contributed by atoms with E-state index in [-0.39, 0.29) is 36.1 Å². The number of nitrogens with zero attached hydrogens (tertiary/aromatic N) is 2. The summed E-state index contributed by atoms with van der Waals surface area (Å²) < 4.78 is 6.20. The van der Waals surface area contributed by atoms with Crippen LogP contribution in [0.5, 0.6) is 0 Å². The minimum atomic E-state index is -0.272. The Balaban J connectivity index is 2.19. The van der Waals surface area contributed by atoms with Crippen LogP contribution in [-0.4, -0.2) is 33.8 Å². The molecule has 2 amide bonds. The third-order valence-electron chi connectivity index (χ3n) is 4.57. The second kappa shape index (κ2) is 9.69. The van der Waals surface area contributed by atoms with Crippen LogP contribution in [-0.2, 0) is 6.54 Å². The number of hydrogen-bond acceptors (Lipinski definition) is 4. The molecule has 0 aliphatic rings. The number of amides is 2. The lowest BCUT2D eigenvalue weighted by molar-refractivity contribution is 0.0651. The van der Waals surface area contributed by atoms with E-state index in [4.69, 9.17) is 4.42 Å². The first kappa shape index (κ1) is 21.2. The highest BCUT2D eigenvalue weighted by molar-refractivity contribution is 9.10. The van der Waals surface area contributed by atoms with Crippen molar-refractivity contribution < 1.29 is 14.0 Å². The number of hydrogen-bond donors (Lipinski definition) is 1. The summed E-state index contributed by atoms with van der Waals surface area (Å²) in [7, 11) is 0. The summed E-state index contributed by atoms with van der Waals surface area (Å²) in [5, 5.41) is 2.85. The van der Waals surface area contributed by atoms with E-state index in [1.165, 1.54) is 6.26 Å². The minimum absolute atomic E-state index is 0.00565. The van der Waals surface area contributed by atoms with Gasteiger partial charge in [-0.15, -0.1) is 0 Å². The van der Waals surface area contributed by atoms with E-state index in [2.05, 4.69) is 26.2 Å². The van der Waals surface area contributed by atoms with Gasteiger partial charge in [-0.3, -0.25) is 9.59 Å². The van der Waals surface area contributed by atoms with Gasteiger partial charge < -0.3 is 14.6 Å². The SMILES string of the molecule is CCC(C)NC(=O)c1coc(CN(C(=O)c2ccccc2Br)C(C)CC)n1. The molecule has 1 heterocycles. The lowest BCUT2D eigenvalue weighted by Crippen LogP contribution is -2.38. The molecule has 7 heteroatoms. The van der Waals surface area contributed by atoms with Gasteiger partial charge in [0.15, 0.2) is 5.69 Å². The molecule has 1 aromatic heterocycles. The Labute approximate surface area is 168 Å². The summed E-state index contributed by atoms with van der Waals surface area (Å²) in [5.74, 6) is -0.0443. The number of rotatable bonds is 8. The zero-order valence-electron chi connectivity index (χ0n) is 16.2. The van der Waals surface area contributed by atoms with Crippen LogP contribution in [0.25, 0.3) is 0 Å². The molecule has 2 atom stereocenters. The Hall–Kier alpha value is -2.15. The van der Waals surface area contributed by atoms with E-state index in [0.717, 1.165) is 17.3 Å². The van der Waals surface area contributed by atoms with Gasteiger partial charge in [-0.05, 0) is 54.8 Å². The van der Waals surface area contributed by atoms with Crippen LogP contribution in [0.15, 0.2) is 39.4 Å². The van der Waals surface area contributed by atoms with Crippen LogP contribution >= 0.6 is 15.9 Å². The Morgan fingerprint density at radius 1 is 1.22 bits per heavy atom. The molecule has 0 aliphatic heterocycles. The molecule has 0 aliphatic carbocycles. The first-order valence-electron chi connectivity index (χ1n) is 9.18. The van der Waals surface area contributed by atoms with Gasteiger partial charge in [0.25, 0.3) is 11.8 Å². The lowest BCUT2D eigenvalue weighted by atomic mass is 10.1. The van der Waals surface area contributed by atoms with Crippen LogP contribution < -0.4 is 5.32 Å². The minimum Gasteiger partial charge on any atom is -0.446 e. The van der Waals surface area contributed by atoms with Gasteiger partial charge >= 0.3 is 0 Å². The molecule has 146 valence electrons. The van der Waals surface area contributed by atoms with Crippen LogP contribution in [0, 0.1) is 0 Å². The fourth-order valence-corrected chi connectivity index (χ4v) is 2.93. The summed E-state index contributed by atoms with van der Waals surface area (Å²) in [6, 6.07) is 7.37. The number of carbonyl (C=O) groups is 2. The third kappa shape index (κ3) is 5.42.